The van der Waals surface area contributed by atoms with Gasteiger partial charge in [0.05, 0.1) is 6.26 Å². The zero-order chi connectivity index (χ0) is 8.32. The Balaban J connectivity index is 2.64. The molecule has 0 amide bonds. The molecule has 0 aromatic carbocycles. The van der Waals surface area contributed by atoms with Crippen LogP contribution in [0.2, 0.25) is 0 Å². The summed E-state index contributed by atoms with van der Waals surface area (Å²) in [5.74, 6) is 0. The Labute approximate surface area is 66.9 Å². The molecule has 1 N–H and O–H groups in total. The summed E-state index contributed by atoms with van der Waals surface area (Å²) in [6.07, 6.45) is 8.67. The first-order valence-electron chi connectivity index (χ1n) is 3.42. The highest BCUT2D eigenvalue weighted by molar-refractivity contribution is 7.88. The first-order chi connectivity index (χ1) is 5.08. The molecule has 0 heterocycles. The SMILES string of the molecule is CS(=O)(=O)NC1=CCCC=C1. The van der Waals surface area contributed by atoms with Crippen LogP contribution in [0.4, 0.5) is 0 Å². The molecule has 0 radical (unpaired) electrons. The van der Waals surface area contributed by atoms with Gasteiger partial charge in [-0.1, -0.05) is 12.2 Å². The van der Waals surface area contributed by atoms with Gasteiger partial charge < -0.3 is 0 Å². The first kappa shape index (κ1) is 8.33. The smallest absolute Gasteiger partial charge is 0.229 e. The molecule has 0 atom stereocenters. The van der Waals surface area contributed by atoms with Gasteiger partial charge in [-0.25, -0.2) is 8.42 Å². The highest BCUT2D eigenvalue weighted by atomic mass is 32.2. The van der Waals surface area contributed by atoms with Crippen LogP contribution < -0.4 is 4.72 Å². The largest absolute Gasteiger partial charge is 0.284 e. The van der Waals surface area contributed by atoms with Crippen LogP contribution in [-0.4, -0.2) is 14.7 Å². The Morgan fingerprint density at radius 3 is 2.64 bits per heavy atom. The molecule has 0 saturated heterocycles. The molecule has 0 aliphatic heterocycles. The van der Waals surface area contributed by atoms with Gasteiger partial charge in [-0.3, -0.25) is 4.72 Å². The van der Waals surface area contributed by atoms with E-state index >= 15 is 0 Å². The standard InChI is InChI=1S/C7H11NO2S/c1-11(9,10)8-7-5-3-2-4-6-7/h3,5-6,8H,2,4H2,1H3. The van der Waals surface area contributed by atoms with Crippen molar-refractivity contribution in [1.82, 2.24) is 4.72 Å². The maximum atomic E-state index is 10.7. The molecule has 3 nitrogen and oxygen atoms in total. The fourth-order valence-electron chi connectivity index (χ4n) is 0.903. The van der Waals surface area contributed by atoms with Gasteiger partial charge >= 0.3 is 0 Å². The van der Waals surface area contributed by atoms with E-state index in [0.717, 1.165) is 19.1 Å². The van der Waals surface area contributed by atoms with Crippen molar-refractivity contribution < 1.29 is 8.42 Å². The molecular weight excluding hydrogens is 162 g/mol. The first-order valence-corrected chi connectivity index (χ1v) is 5.31. The molecular formula is C7H11NO2S. The average Bonchev–Trinajstić information content (AvgIpc) is 1.85. The Morgan fingerprint density at radius 2 is 2.18 bits per heavy atom. The van der Waals surface area contributed by atoms with E-state index in [1.807, 2.05) is 12.2 Å². The number of sulfonamides is 1. The molecule has 1 aliphatic carbocycles. The summed E-state index contributed by atoms with van der Waals surface area (Å²) in [4.78, 5) is 0. The number of nitrogens with one attached hydrogen (secondary N) is 1. The zero-order valence-corrected chi connectivity index (χ0v) is 7.19. The van der Waals surface area contributed by atoms with Gasteiger partial charge in [0.25, 0.3) is 0 Å². The van der Waals surface area contributed by atoms with Crippen LogP contribution in [0.3, 0.4) is 0 Å². The van der Waals surface area contributed by atoms with Crippen LogP contribution in [0.1, 0.15) is 12.8 Å². The maximum absolute atomic E-state index is 10.7. The monoisotopic (exact) mass is 173 g/mol. The van der Waals surface area contributed by atoms with Crippen molar-refractivity contribution in [1.29, 1.82) is 0 Å². The van der Waals surface area contributed by atoms with Crippen molar-refractivity contribution in [2.24, 2.45) is 0 Å². The second kappa shape index (κ2) is 3.09. The molecule has 0 aromatic rings. The van der Waals surface area contributed by atoms with Gasteiger partial charge in [0, 0.05) is 5.70 Å². The second-order valence-corrected chi connectivity index (χ2v) is 4.26. The highest BCUT2D eigenvalue weighted by Gasteiger charge is 2.02. The van der Waals surface area contributed by atoms with Crippen LogP contribution in [-0.2, 0) is 10.0 Å². The van der Waals surface area contributed by atoms with Crippen LogP contribution >= 0.6 is 0 Å². The van der Waals surface area contributed by atoms with Crippen molar-refractivity contribution in [3.63, 3.8) is 0 Å². The lowest BCUT2D eigenvalue weighted by Crippen LogP contribution is -2.20. The molecule has 0 bridgehead atoms. The topological polar surface area (TPSA) is 46.2 Å². The molecule has 62 valence electrons. The summed E-state index contributed by atoms with van der Waals surface area (Å²) in [6, 6.07) is 0. The van der Waals surface area contributed by atoms with Gasteiger partial charge in [-0.05, 0) is 18.9 Å². The number of allylic oxidation sites excluding steroid dienone is 3. The second-order valence-electron chi connectivity index (χ2n) is 2.51. The fourth-order valence-corrected chi connectivity index (χ4v) is 1.48. The summed E-state index contributed by atoms with van der Waals surface area (Å²) in [5, 5.41) is 0. The van der Waals surface area contributed by atoms with E-state index in [9.17, 15) is 8.42 Å². The van der Waals surface area contributed by atoms with Crippen LogP contribution in [0.5, 0.6) is 0 Å². The Hall–Kier alpha value is -0.770. The molecule has 0 spiro atoms. The van der Waals surface area contributed by atoms with Crippen LogP contribution in [0, 0.1) is 0 Å². The van der Waals surface area contributed by atoms with Gasteiger partial charge in [0.2, 0.25) is 10.0 Å². The fraction of sp³-hybridized carbons (Fsp3) is 0.429. The number of rotatable bonds is 2. The van der Waals surface area contributed by atoms with E-state index in [1.54, 1.807) is 6.08 Å². The van der Waals surface area contributed by atoms with E-state index in [-0.39, 0.29) is 0 Å². The summed E-state index contributed by atoms with van der Waals surface area (Å²) >= 11 is 0. The summed E-state index contributed by atoms with van der Waals surface area (Å²) in [6.45, 7) is 0. The number of hydrogen-bond donors (Lipinski definition) is 1. The minimum absolute atomic E-state index is 0.679. The highest BCUT2D eigenvalue weighted by Crippen LogP contribution is 2.06. The van der Waals surface area contributed by atoms with Crippen molar-refractivity contribution in [2.45, 2.75) is 12.8 Å². The van der Waals surface area contributed by atoms with Gasteiger partial charge in [0.15, 0.2) is 0 Å². The molecule has 11 heavy (non-hydrogen) atoms. The van der Waals surface area contributed by atoms with Crippen molar-refractivity contribution in [3.8, 4) is 0 Å². The third kappa shape index (κ3) is 3.23. The van der Waals surface area contributed by atoms with E-state index in [4.69, 9.17) is 0 Å². The molecule has 0 aromatic heterocycles. The zero-order valence-electron chi connectivity index (χ0n) is 6.37. The molecule has 0 fully saturated rings. The predicted molar refractivity (Wildman–Crippen MR) is 44.4 cm³/mol. The lowest BCUT2D eigenvalue weighted by molar-refractivity contribution is 0.595. The normalized spacial score (nSPS) is 17.7. The summed E-state index contributed by atoms with van der Waals surface area (Å²) in [7, 11) is -3.09. The van der Waals surface area contributed by atoms with Crippen LogP contribution in [0.15, 0.2) is 23.9 Å². The van der Waals surface area contributed by atoms with Gasteiger partial charge in [0.1, 0.15) is 0 Å². The Bertz CT molecular complexity index is 288. The molecule has 4 heteroatoms. The molecule has 1 rings (SSSR count). The average molecular weight is 173 g/mol. The summed E-state index contributed by atoms with van der Waals surface area (Å²) in [5.41, 5.74) is 0.679. The lowest BCUT2D eigenvalue weighted by atomic mass is 10.2. The van der Waals surface area contributed by atoms with Crippen molar-refractivity contribution in [2.75, 3.05) is 6.26 Å². The van der Waals surface area contributed by atoms with E-state index in [1.165, 1.54) is 0 Å². The predicted octanol–water partition coefficient (Wildman–Crippen LogP) is 0.770. The van der Waals surface area contributed by atoms with Crippen molar-refractivity contribution >= 4 is 10.0 Å². The van der Waals surface area contributed by atoms with E-state index in [2.05, 4.69) is 4.72 Å². The minimum atomic E-state index is -3.09. The lowest BCUT2D eigenvalue weighted by Gasteiger charge is -2.07. The van der Waals surface area contributed by atoms with Crippen molar-refractivity contribution in [3.05, 3.63) is 23.9 Å². The third-order valence-electron chi connectivity index (χ3n) is 1.30. The van der Waals surface area contributed by atoms with Crippen LogP contribution in [0.25, 0.3) is 0 Å². The van der Waals surface area contributed by atoms with Gasteiger partial charge in [-0.15, -0.1) is 0 Å². The minimum Gasteiger partial charge on any atom is -0.284 e. The Morgan fingerprint density at radius 1 is 1.45 bits per heavy atom. The molecule has 0 saturated carbocycles. The number of hydrogen-bond acceptors (Lipinski definition) is 2. The molecule has 1 aliphatic rings. The van der Waals surface area contributed by atoms with E-state index < -0.39 is 10.0 Å². The van der Waals surface area contributed by atoms with E-state index in [0.29, 0.717) is 5.70 Å². The summed E-state index contributed by atoms with van der Waals surface area (Å²) < 4.78 is 23.8. The quantitative estimate of drug-likeness (QED) is 0.670. The maximum Gasteiger partial charge on any atom is 0.229 e. The Kier molecular flexibility index (Phi) is 2.34. The molecule has 0 unspecified atom stereocenters. The third-order valence-corrected chi connectivity index (χ3v) is 1.90. The van der Waals surface area contributed by atoms with Gasteiger partial charge in [-0.2, -0.15) is 0 Å².